The number of carbonyl (C=O) groups is 1. The number of anilines is 1. The van der Waals surface area contributed by atoms with Gasteiger partial charge in [0.05, 0.1) is 25.0 Å². The van der Waals surface area contributed by atoms with Crippen molar-refractivity contribution < 1.29 is 9.53 Å². The standard InChI is InChI=1S/C21H24N4O2S/c1-27-16-7-8-17-14(12-16)9-11-24-20(17)18-5-2-6-19(21(24)26)25(18)28-23-15-4-3-10-22-13-15/h3-4,7-8,10,12-13,18-20,23H,2,5-6,9,11H2,1H3. The fraction of sp³-hybridized carbons (Fsp3) is 0.429. The molecule has 2 fully saturated rings. The molecule has 146 valence electrons. The fourth-order valence-corrected chi connectivity index (χ4v) is 5.82. The van der Waals surface area contributed by atoms with Gasteiger partial charge in [-0.15, -0.1) is 0 Å². The lowest BCUT2D eigenvalue weighted by molar-refractivity contribution is -0.149. The smallest absolute Gasteiger partial charge is 0.241 e. The normalized spacial score (nSPS) is 26.4. The first-order valence-electron chi connectivity index (χ1n) is 9.85. The minimum absolute atomic E-state index is 0.0519. The van der Waals surface area contributed by atoms with Crippen molar-refractivity contribution in [1.82, 2.24) is 14.2 Å². The topological polar surface area (TPSA) is 57.7 Å². The van der Waals surface area contributed by atoms with Gasteiger partial charge in [-0.1, -0.05) is 6.07 Å². The second-order valence-electron chi connectivity index (χ2n) is 7.60. The molecular weight excluding hydrogens is 372 g/mol. The molecule has 1 aromatic carbocycles. The summed E-state index contributed by atoms with van der Waals surface area (Å²) in [7, 11) is 1.70. The second-order valence-corrected chi connectivity index (χ2v) is 8.41. The molecule has 7 heteroatoms. The van der Waals surface area contributed by atoms with Crippen molar-refractivity contribution in [3.8, 4) is 5.75 Å². The zero-order valence-corrected chi connectivity index (χ0v) is 16.7. The SMILES string of the molecule is COc1ccc2c(c1)CCN1C(=O)C3CCCC(C21)N3SNc1cccnc1. The molecule has 3 aliphatic heterocycles. The summed E-state index contributed by atoms with van der Waals surface area (Å²) in [4.78, 5) is 19.6. The van der Waals surface area contributed by atoms with E-state index in [-0.39, 0.29) is 18.0 Å². The Morgan fingerprint density at radius 3 is 3.04 bits per heavy atom. The summed E-state index contributed by atoms with van der Waals surface area (Å²) in [6, 6.07) is 10.6. The van der Waals surface area contributed by atoms with Crippen LogP contribution in [0.2, 0.25) is 0 Å². The second kappa shape index (κ2) is 7.29. The van der Waals surface area contributed by atoms with Crippen molar-refractivity contribution in [2.45, 2.75) is 43.8 Å². The van der Waals surface area contributed by atoms with E-state index in [1.165, 1.54) is 11.1 Å². The van der Waals surface area contributed by atoms with Crippen LogP contribution >= 0.6 is 12.1 Å². The zero-order valence-electron chi connectivity index (χ0n) is 15.9. The van der Waals surface area contributed by atoms with Crippen LogP contribution in [0.3, 0.4) is 0 Å². The molecule has 2 bridgehead atoms. The van der Waals surface area contributed by atoms with Gasteiger partial charge >= 0.3 is 0 Å². The minimum atomic E-state index is -0.0519. The summed E-state index contributed by atoms with van der Waals surface area (Å²) >= 11 is 1.56. The minimum Gasteiger partial charge on any atom is -0.497 e. The maximum absolute atomic E-state index is 13.3. The van der Waals surface area contributed by atoms with Gasteiger partial charge < -0.3 is 14.4 Å². The van der Waals surface area contributed by atoms with Crippen molar-refractivity contribution in [3.63, 3.8) is 0 Å². The number of hydrogen-bond donors (Lipinski definition) is 1. The van der Waals surface area contributed by atoms with Crippen LogP contribution in [0.4, 0.5) is 5.69 Å². The van der Waals surface area contributed by atoms with Gasteiger partial charge in [-0.25, -0.2) is 4.31 Å². The summed E-state index contributed by atoms with van der Waals surface area (Å²) in [5.41, 5.74) is 3.54. The average molecular weight is 397 g/mol. The van der Waals surface area contributed by atoms with Crippen LogP contribution < -0.4 is 9.46 Å². The number of piperidine rings is 1. The number of nitrogens with one attached hydrogen (secondary N) is 1. The Bertz CT molecular complexity index is 878. The van der Waals surface area contributed by atoms with Gasteiger partial charge in [-0.05, 0) is 61.1 Å². The Kier molecular flexibility index (Phi) is 4.64. The third kappa shape index (κ3) is 2.93. The van der Waals surface area contributed by atoms with Crippen LogP contribution in [-0.2, 0) is 11.2 Å². The molecular formula is C21H24N4O2S. The molecule has 0 saturated carbocycles. The Morgan fingerprint density at radius 2 is 2.21 bits per heavy atom. The number of amides is 1. The Balaban J connectivity index is 1.46. The third-order valence-corrected chi connectivity index (χ3v) is 7.16. The van der Waals surface area contributed by atoms with E-state index in [0.29, 0.717) is 6.04 Å². The highest BCUT2D eigenvalue weighted by Gasteiger charge is 2.51. The lowest BCUT2D eigenvalue weighted by Crippen LogP contribution is -2.64. The van der Waals surface area contributed by atoms with Crippen LogP contribution in [-0.4, -0.2) is 45.8 Å². The summed E-state index contributed by atoms with van der Waals surface area (Å²) in [6.07, 6.45) is 7.59. The summed E-state index contributed by atoms with van der Waals surface area (Å²) in [5.74, 6) is 1.16. The third-order valence-electron chi connectivity index (χ3n) is 6.10. The number of methoxy groups -OCH3 is 1. The van der Waals surface area contributed by atoms with Crippen molar-refractivity contribution >= 4 is 23.7 Å². The molecule has 6 nitrogen and oxygen atoms in total. The lowest BCUT2D eigenvalue weighted by Gasteiger charge is -2.54. The van der Waals surface area contributed by atoms with Gasteiger partial charge in [0.1, 0.15) is 11.8 Å². The first-order chi connectivity index (χ1) is 13.8. The quantitative estimate of drug-likeness (QED) is 0.799. The molecule has 0 radical (unpaired) electrons. The zero-order chi connectivity index (χ0) is 19.1. The predicted octanol–water partition coefficient (Wildman–Crippen LogP) is 3.43. The summed E-state index contributed by atoms with van der Waals surface area (Å²) < 4.78 is 11.1. The van der Waals surface area contributed by atoms with E-state index in [0.717, 1.165) is 43.7 Å². The number of ether oxygens (including phenoxy) is 1. The van der Waals surface area contributed by atoms with E-state index < -0.39 is 0 Å². The van der Waals surface area contributed by atoms with Crippen LogP contribution in [0.25, 0.3) is 0 Å². The lowest BCUT2D eigenvalue weighted by atomic mass is 9.80. The molecule has 3 atom stereocenters. The monoisotopic (exact) mass is 396 g/mol. The van der Waals surface area contributed by atoms with E-state index in [4.69, 9.17) is 4.74 Å². The predicted molar refractivity (Wildman–Crippen MR) is 110 cm³/mol. The number of piperazine rings is 1. The van der Waals surface area contributed by atoms with Gasteiger partial charge in [0.25, 0.3) is 0 Å². The molecule has 0 aliphatic carbocycles. The van der Waals surface area contributed by atoms with Crippen molar-refractivity contribution in [3.05, 3.63) is 53.9 Å². The number of benzene rings is 1. The maximum Gasteiger partial charge on any atom is 0.241 e. The van der Waals surface area contributed by atoms with Gasteiger partial charge in [0, 0.05) is 30.9 Å². The molecule has 0 spiro atoms. The molecule has 3 unspecified atom stereocenters. The van der Waals surface area contributed by atoms with Crippen LogP contribution in [0.15, 0.2) is 42.7 Å². The highest BCUT2D eigenvalue weighted by molar-refractivity contribution is 7.98. The maximum atomic E-state index is 13.3. The van der Waals surface area contributed by atoms with Crippen molar-refractivity contribution in [2.24, 2.45) is 0 Å². The van der Waals surface area contributed by atoms with E-state index in [2.05, 4.69) is 31.0 Å². The van der Waals surface area contributed by atoms with E-state index >= 15 is 0 Å². The number of rotatable bonds is 4. The van der Waals surface area contributed by atoms with Gasteiger partial charge in [-0.2, -0.15) is 0 Å². The van der Waals surface area contributed by atoms with Crippen LogP contribution in [0.5, 0.6) is 5.75 Å². The molecule has 3 aliphatic rings. The van der Waals surface area contributed by atoms with E-state index in [1.54, 1.807) is 25.4 Å². The van der Waals surface area contributed by atoms with Gasteiger partial charge in [0.2, 0.25) is 5.91 Å². The first-order valence-corrected chi connectivity index (χ1v) is 10.6. The number of carbonyl (C=O) groups excluding carboxylic acids is 1. The van der Waals surface area contributed by atoms with Gasteiger partial charge in [0.15, 0.2) is 0 Å². The molecule has 1 amide bonds. The molecule has 1 N–H and O–H groups in total. The molecule has 5 rings (SSSR count). The Hall–Kier alpha value is -2.25. The van der Waals surface area contributed by atoms with Gasteiger partial charge in [-0.3, -0.25) is 9.78 Å². The first kappa shape index (κ1) is 17.8. The fourth-order valence-electron chi connectivity index (χ4n) is 4.81. The number of aromatic nitrogens is 1. The molecule has 2 aromatic rings. The number of pyridine rings is 1. The summed E-state index contributed by atoms with van der Waals surface area (Å²) in [5, 5.41) is 0. The highest BCUT2D eigenvalue weighted by Crippen LogP contribution is 2.47. The number of hydrogen-bond acceptors (Lipinski definition) is 6. The molecule has 28 heavy (non-hydrogen) atoms. The molecule has 4 heterocycles. The van der Waals surface area contributed by atoms with E-state index in [1.807, 2.05) is 24.4 Å². The summed E-state index contributed by atoms with van der Waals surface area (Å²) in [6.45, 7) is 0.797. The largest absolute Gasteiger partial charge is 0.497 e. The molecule has 1 aromatic heterocycles. The Labute approximate surface area is 169 Å². The van der Waals surface area contributed by atoms with Crippen molar-refractivity contribution in [2.75, 3.05) is 18.4 Å². The van der Waals surface area contributed by atoms with E-state index in [9.17, 15) is 4.79 Å². The molecule has 2 saturated heterocycles. The van der Waals surface area contributed by atoms with Crippen molar-refractivity contribution in [1.29, 1.82) is 0 Å². The van der Waals surface area contributed by atoms with Crippen LogP contribution in [0, 0.1) is 0 Å². The average Bonchev–Trinajstić information content (AvgIpc) is 2.75. The van der Waals surface area contributed by atoms with Crippen LogP contribution in [0.1, 0.15) is 36.4 Å². The number of nitrogens with zero attached hydrogens (tertiary/aromatic N) is 3. The number of fused-ring (bicyclic) bond motifs is 6. The highest BCUT2D eigenvalue weighted by atomic mass is 32.2. The Morgan fingerprint density at radius 1 is 1.29 bits per heavy atom.